The molecule has 0 aliphatic heterocycles. The fourth-order valence-corrected chi connectivity index (χ4v) is 2.37. The molecule has 0 saturated heterocycles. The third-order valence-corrected chi connectivity index (χ3v) is 3.57. The normalized spacial score (nSPS) is 12.2. The van der Waals surface area contributed by atoms with Crippen molar-refractivity contribution in [1.82, 2.24) is 5.32 Å². The van der Waals surface area contributed by atoms with Crippen LogP contribution in [0.15, 0.2) is 48.5 Å². The molecule has 0 aromatic heterocycles. The SMILES string of the molecule is CCNC(Cc1ccc(Cl)cc1)c1ccc(OC)cc1. The van der Waals surface area contributed by atoms with Crippen molar-refractivity contribution >= 4 is 11.6 Å². The third kappa shape index (κ3) is 3.99. The zero-order valence-electron chi connectivity index (χ0n) is 11.9. The second kappa shape index (κ2) is 7.32. The lowest BCUT2D eigenvalue weighted by Crippen LogP contribution is -2.22. The Bertz CT molecular complexity index is 522. The van der Waals surface area contributed by atoms with Gasteiger partial charge in [-0.3, -0.25) is 0 Å². The molecule has 0 aliphatic rings. The molecular weight excluding hydrogens is 270 g/mol. The quantitative estimate of drug-likeness (QED) is 0.859. The molecule has 2 aromatic carbocycles. The zero-order chi connectivity index (χ0) is 14.4. The molecule has 0 aliphatic carbocycles. The molecule has 1 unspecified atom stereocenters. The average Bonchev–Trinajstić information content (AvgIpc) is 2.49. The summed E-state index contributed by atoms with van der Waals surface area (Å²) in [5, 5.41) is 4.30. The molecule has 1 N–H and O–H groups in total. The van der Waals surface area contributed by atoms with Crippen LogP contribution in [0.3, 0.4) is 0 Å². The first-order chi connectivity index (χ1) is 9.72. The summed E-state index contributed by atoms with van der Waals surface area (Å²) in [6.45, 7) is 3.06. The molecule has 3 heteroatoms. The van der Waals surface area contributed by atoms with Crippen LogP contribution < -0.4 is 10.1 Å². The van der Waals surface area contributed by atoms with Crippen molar-refractivity contribution in [3.8, 4) is 5.75 Å². The molecule has 0 radical (unpaired) electrons. The highest BCUT2D eigenvalue weighted by Crippen LogP contribution is 2.22. The van der Waals surface area contributed by atoms with E-state index in [1.54, 1.807) is 7.11 Å². The Hall–Kier alpha value is -1.51. The minimum Gasteiger partial charge on any atom is -0.497 e. The number of hydrogen-bond donors (Lipinski definition) is 1. The van der Waals surface area contributed by atoms with Crippen LogP contribution in [0.4, 0.5) is 0 Å². The average molecular weight is 290 g/mol. The van der Waals surface area contributed by atoms with E-state index in [-0.39, 0.29) is 0 Å². The Labute approximate surface area is 125 Å². The van der Waals surface area contributed by atoms with Gasteiger partial charge in [-0.2, -0.15) is 0 Å². The predicted octanol–water partition coefficient (Wildman–Crippen LogP) is 4.24. The van der Waals surface area contributed by atoms with E-state index >= 15 is 0 Å². The fraction of sp³-hybridized carbons (Fsp3) is 0.294. The second-order valence-electron chi connectivity index (χ2n) is 4.71. The van der Waals surface area contributed by atoms with Crippen molar-refractivity contribution in [3.05, 3.63) is 64.7 Å². The van der Waals surface area contributed by atoms with E-state index in [1.165, 1.54) is 11.1 Å². The maximum atomic E-state index is 5.93. The zero-order valence-corrected chi connectivity index (χ0v) is 12.7. The predicted molar refractivity (Wildman–Crippen MR) is 84.6 cm³/mol. The number of halogens is 1. The van der Waals surface area contributed by atoms with Gasteiger partial charge in [0.2, 0.25) is 0 Å². The number of ether oxygens (including phenoxy) is 1. The summed E-state index contributed by atoms with van der Waals surface area (Å²) in [6, 6.07) is 16.6. The van der Waals surface area contributed by atoms with Crippen molar-refractivity contribution < 1.29 is 4.74 Å². The number of nitrogens with one attached hydrogen (secondary N) is 1. The van der Waals surface area contributed by atoms with E-state index in [1.807, 2.05) is 24.3 Å². The molecule has 0 amide bonds. The lowest BCUT2D eigenvalue weighted by Gasteiger charge is -2.19. The van der Waals surface area contributed by atoms with Crippen molar-refractivity contribution in [1.29, 1.82) is 0 Å². The van der Waals surface area contributed by atoms with Crippen LogP contribution in [0, 0.1) is 0 Å². The van der Waals surface area contributed by atoms with E-state index in [0.29, 0.717) is 6.04 Å². The molecular formula is C17H20ClNO. The highest BCUT2D eigenvalue weighted by molar-refractivity contribution is 6.30. The first-order valence-electron chi connectivity index (χ1n) is 6.84. The summed E-state index contributed by atoms with van der Waals surface area (Å²) >= 11 is 5.93. The number of methoxy groups -OCH3 is 1. The largest absolute Gasteiger partial charge is 0.497 e. The minimum atomic E-state index is 0.298. The lowest BCUT2D eigenvalue weighted by molar-refractivity contribution is 0.414. The van der Waals surface area contributed by atoms with Gasteiger partial charge in [-0.25, -0.2) is 0 Å². The molecule has 106 valence electrons. The summed E-state index contributed by atoms with van der Waals surface area (Å²) < 4.78 is 5.21. The molecule has 0 heterocycles. The monoisotopic (exact) mass is 289 g/mol. The van der Waals surface area contributed by atoms with Gasteiger partial charge in [-0.1, -0.05) is 42.8 Å². The molecule has 2 rings (SSSR count). The number of rotatable bonds is 6. The smallest absolute Gasteiger partial charge is 0.118 e. The number of hydrogen-bond acceptors (Lipinski definition) is 2. The molecule has 0 fully saturated rings. The minimum absolute atomic E-state index is 0.298. The van der Waals surface area contributed by atoms with Gasteiger partial charge in [0.15, 0.2) is 0 Å². The van der Waals surface area contributed by atoms with Crippen LogP contribution in [-0.4, -0.2) is 13.7 Å². The van der Waals surface area contributed by atoms with Gasteiger partial charge in [0.25, 0.3) is 0 Å². The molecule has 0 bridgehead atoms. The van der Waals surface area contributed by atoms with Crippen LogP contribution >= 0.6 is 11.6 Å². The standard InChI is InChI=1S/C17H20ClNO/c1-3-19-17(12-13-4-8-15(18)9-5-13)14-6-10-16(20-2)11-7-14/h4-11,17,19H,3,12H2,1-2H3. The Morgan fingerprint density at radius 1 is 1.05 bits per heavy atom. The van der Waals surface area contributed by atoms with E-state index in [4.69, 9.17) is 16.3 Å². The van der Waals surface area contributed by atoms with Gasteiger partial charge < -0.3 is 10.1 Å². The fourth-order valence-electron chi connectivity index (χ4n) is 2.25. The maximum absolute atomic E-state index is 5.93. The van der Waals surface area contributed by atoms with Crippen molar-refractivity contribution in [2.75, 3.05) is 13.7 Å². The van der Waals surface area contributed by atoms with Crippen LogP contribution in [0.25, 0.3) is 0 Å². The maximum Gasteiger partial charge on any atom is 0.118 e. The lowest BCUT2D eigenvalue weighted by atomic mass is 9.99. The van der Waals surface area contributed by atoms with Gasteiger partial charge in [0.1, 0.15) is 5.75 Å². The molecule has 2 nitrogen and oxygen atoms in total. The second-order valence-corrected chi connectivity index (χ2v) is 5.15. The first kappa shape index (κ1) is 14.9. The van der Waals surface area contributed by atoms with Crippen molar-refractivity contribution in [3.63, 3.8) is 0 Å². The number of likely N-dealkylation sites (N-methyl/N-ethyl adjacent to an activating group) is 1. The highest BCUT2D eigenvalue weighted by atomic mass is 35.5. The Morgan fingerprint density at radius 2 is 1.70 bits per heavy atom. The van der Waals surface area contributed by atoms with E-state index in [0.717, 1.165) is 23.7 Å². The summed E-state index contributed by atoms with van der Waals surface area (Å²) in [7, 11) is 1.69. The molecule has 20 heavy (non-hydrogen) atoms. The summed E-state index contributed by atoms with van der Waals surface area (Å²) in [5.41, 5.74) is 2.54. The van der Waals surface area contributed by atoms with E-state index in [2.05, 4.69) is 36.5 Å². The van der Waals surface area contributed by atoms with Gasteiger partial charge in [-0.05, 0) is 48.4 Å². The summed E-state index contributed by atoms with van der Waals surface area (Å²) in [4.78, 5) is 0. The molecule has 2 aromatic rings. The van der Waals surface area contributed by atoms with Gasteiger partial charge in [0.05, 0.1) is 7.11 Å². The molecule has 0 saturated carbocycles. The summed E-state index contributed by atoms with van der Waals surface area (Å²) in [5.74, 6) is 0.885. The van der Waals surface area contributed by atoms with Crippen LogP contribution in [0.2, 0.25) is 5.02 Å². The summed E-state index contributed by atoms with van der Waals surface area (Å²) in [6.07, 6.45) is 0.942. The Balaban J connectivity index is 2.14. The van der Waals surface area contributed by atoms with Crippen LogP contribution in [0.5, 0.6) is 5.75 Å². The highest BCUT2D eigenvalue weighted by Gasteiger charge is 2.11. The molecule has 1 atom stereocenters. The van der Waals surface area contributed by atoms with E-state index in [9.17, 15) is 0 Å². The van der Waals surface area contributed by atoms with Crippen molar-refractivity contribution in [2.24, 2.45) is 0 Å². The first-order valence-corrected chi connectivity index (χ1v) is 7.22. The number of benzene rings is 2. The van der Waals surface area contributed by atoms with Gasteiger partial charge in [-0.15, -0.1) is 0 Å². The van der Waals surface area contributed by atoms with Crippen molar-refractivity contribution in [2.45, 2.75) is 19.4 Å². The topological polar surface area (TPSA) is 21.3 Å². The third-order valence-electron chi connectivity index (χ3n) is 3.32. The van der Waals surface area contributed by atoms with Gasteiger partial charge >= 0.3 is 0 Å². The Morgan fingerprint density at radius 3 is 2.25 bits per heavy atom. The van der Waals surface area contributed by atoms with Crippen LogP contribution in [0.1, 0.15) is 24.1 Å². The van der Waals surface area contributed by atoms with Crippen LogP contribution in [-0.2, 0) is 6.42 Å². The van der Waals surface area contributed by atoms with E-state index < -0.39 is 0 Å². The Kier molecular flexibility index (Phi) is 5.45. The van der Waals surface area contributed by atoms with Gasteiger partial charge in [0, 0.05) is 11.1 Å². The molecule has 0 spiro atoms.